The van der Waals surface area contributed by atoms with Gasteiger partial charge < -0.3 is 15.5 Å². The molecule has 0 heterocycles. The third-order valence-corrected chi connectivity index (χ3v) is 2.89. The molecule has 2 rings (SSSR count). The first kappa shape index (κ1) is 11.9. The monoisotopic (exact) mass is 231 g/mol. The molecule has 0 unspecified atom stereocenters. The van der Waals surface area contributed by atoms with Crippen molar-refractivity contribution in [2.45, 2.75) is 12.5 Å². The average molecular weight is 231 g/mol. The van der Waals surface area contributed by atoms with Gasteiger partial charge in [0.05, 0.1) is 18.8 Å². The number of fused-ring (bicyclic) bond motifs is 1. The van der Waals surface area contributed by atoms with Crippen molar-refractivity contribution >= 4 is 16.5 Å². The molecule has 0 atom stereocenters. The molecule has 0 aromatic heterocycles. The number of hydrogen-bond acceptors (Lipinski definition) is 3. The standard InChI is InChI=1S/C14H17NO2/c1-14(9-16,10-17)15-13-7-6-11-4-2-3-5-12(11)8-13/h2-8,15-17H,9-10H2,1H3. The molecule has 0 radical (unpaired) electrons. The molecule has 0 fully saturated rings. The quantitative estimate of drug-likeness (QED) is 0.754. The zero-order valence-electron chi connectivity index (χ0n) is 9.85. The minimum Gasteiger partial charge on any atom is -0.394 e. The van der Waals surface area contributed by atoms with Crippen molar-refractivity contribution in [3.05, 3.63) is 42.5 Å². The minimum absolute atomic E-state index is 0.115. The van der Waals surface area contributed by atoms with Crippen molar-refractivity contribution in [1.82, 2.24) is 0 Å². The van der Waals surface area contributed by atoms with E-state index < -0.39 is 5.54 Å². The van der Waals surface area contributed by atoms with Gasteiger partial charge in [-0.3, -0.25) is 0 Å². The number of benzene rings is 2. The molecule has 90 valence electrons. The Labute approximate surface area is 101 Å². The second-order valence-electron chi connectivity index (χ2n) is 4.56. The fraction of sp³-hybridized carbons (Fsp3) is 0.286. The highest BCUT2D eigenvalue weighted by atomic mass is 16.3. The molecule has 3 N–H and O–H groups in total. The summed E-state index contributed by atoms with van der Waals surface area (Å²) < 4.78 is 0. The third-order valence-electron chi connectivity index (χ3n) is 2.89. The topological polar surface area (TPSA) is 52.5 Å². The van der Waals surface area contributed by atoms with Gasteiger partial charge in [0.25, 0.3) is 0 Å². The maximum atomic E-state index is 9.24. The Balaban J connectivity index is 2.31. The average Bonchev–Trinajstić information content (AvgIpc) is 2.38. The van der Waals surface area contributed by atoms with Crippen molar-refractivity contribution in [1.29, 1.82) is 0 Å². The van der Waals surface area contributed by atoms with Crippen LogP contribution in [0.3, 0.4) is 0 Å². The van der Waals surface area contributed by atoms with Gasteiger partial charge in [-0.25, -0.2) is 0 Å². The van der Waals surface area contributed by atoms with Crippen LogP contribution in [0.4, 0.5) is 5.69 Å². The summed E-state index contributed by atoms with van der Waals surface area (Å²) in [5.41, 5.74) is 0.205. The molecule has 0 aliphatic heterocycles. The Bertz CT molecular complexity index is 506. The first-order valence-electron chi connectivity index (χ1n) is 5.65. The predicted octanol–water partition coefficient (Wildman–Crippen LogP) is 1.99. The van der Waals surface area contributed by atoms with E-state index >= 15 is 0 Å². The van der Waals surface area contributed by atoms with Crippen molar-refractivity contribution in [2.75, 3.05) is 18.5 Å². The Morgan fingerprint density at radius 3 is 2.29 bits per heavy atom. The number of nitrogens with one attached hydrogen (secondary N) is 1. The summed E-state index contributed by atoms with van der Waals surface area (Å²) in [5, 5.41) is 23.9. The number of aliphatic hydroxyl groups excluding tert-OH is 2. The normalized spacial score (nSPS) is 11.7. The van der Waals surface area contributed by atoms with E-state index in [4.69, 9.17) is 0 Å². The van der Waals surface area contributed by atoms with Crippen LogP contribution in [0.2, 0.25) is 0 Å². The second-order valence-corrected chi connectivity index (χ2v) is 4.56. The summed E-state index contributed by atoms with van der Waals surface area (Å²) in [6.07, 6.45) is 0. The summed E-state index contributed by atoms with van der Waals surface area (Å²) in [7, 11) is 0. The van der Waals surface area contributed by atoms with Gasteiger partial charge in [0.1, 0.15) is 0 Å². The van der Waals surface area contributed by atoms with Crippen LogP contribution in [-0.4, -0.2) is 29.0 Å². The SMILES string of the molecule is CC(CO)(CO)Nc1ccc2ccccc2c1. The molecule has 0 bridgehead atoms. The van der Waals surface area contributed by atoms with Crippen LogP contribution in [0.1, 0.15) is 6.92 Å². The molecule has 0 spiro atoms. The molecule has 17 heavy (non-hydrogen) atoms. The molecular weight excluding hydrogens is 214 g/mol. The molecule has 0 aliphatic rings. The third kappa shape index (κ3) is 2.57. The number of aliphatic hydroxyl groups is 2. The van der Waals surface area contributed by atoms with Crippen molar-refractivity contribution < 1.29 is 10.2 Å². The highest BCUT2D eigenvalue weighted by Gasteiger charge is 2.21. The van der Waals surface area contributed by atoms with Gasteiger partial charge in [-0.15, -0.1) is 0 Å². The maximum absolute atomic E-state index is 9.24. The molecule has 0 amide bonds. The van der Waals surface area contributed by atoms with Gasteiger partial charge in [0.15, 0.2) is 0 Å². The van der Waals surface area contributed by atoms with E-state index in [0.717, 1.165) is 11.1 Å². The number of hydrogen-bond donors (Lipinski definition) is 3. The van der Waals surface area contributed by atoms with Crippen molar-refractivity contribution in [3.63, 3.8) is 0 Å². The molecule has 0 aliphatic carbocycles. The van der Waals surface area contributed by atoms with Crippen LogP contribution in [-0.2, 0) is 0 Å². The summed E-state index contributed by atoms with van der Waals surface area (Å²) >= 11 is 0. The lowest BCUT2D eigenvalue weighted by molar-refractivity contribution is 0.147. The number of rotatable bonds is 4. The van der Waals surface area contributed by atoms with E-state index in [9.17, 15) is 10.2 Å². The zero-order valence-corrected chi connectivity index (χ0v) is 9.85. The fourth-order valence-corrected chi connectivity index (χ4v) is 1.74. The Hall–Kier alpha value is -1.58. The minimum atomic E-state index is -0.692. The van der Waals surface area contributed by atoms with Crippen LogP contribution in [0.25, 0.3) is 10.8 Å². The van der Waals surface area contributed by atoms with Gasteiger partial charge >= 0.3 is 0 Å². The van der Waals surface area contributed by atoms with Crippen LogP contribution >= 0.6 is 0 Å². The van der Waals surface area contributed by atoms with Crippen LogP contribution < -0.4 is 5.32 Å². The van der Waals surface area contributed by atoms with Crippen molar-refractivity contribution in [3.8, 4) is 0 Å². The van der Waals surface area contributed by atoms with E-state index in [-0.39, 0.29) is 13.2 Å². The Morgan fingerprint density at radius 1 is 1.00 bits per heavy atom. The van der Waals surface area contributed by atoms with Gasteiger partial charge in [0.2, 0.25) is 0 Å². The Kier molecular flexibility index (Phi) is 3.31. The molecule has 3 nitrogen and oxygen atoms in total. The highest BCUT2D eigenvalue weighted by molar-refractivity contribution is 5.85. The van der Waals surface area contributed by atoms with E-state index in [1.165, 1.54) is 5.39 Å². The number of anilines is 1. The zero-order chi connectivity index (χ0) is 12.3. The molecule has 2 aromatic carbocycles. The fourth-order valence-electron chi connectivity index (χ4n) is 1.74. The maximum Gasteiger partial charge on any atom is 0.0806 e. The first-order chi connectivity index (χ1) is 8.17. The molecule has 0 saturated heterocycles. The molecule has 0 saturated carbocycles. The van der Waals surface area contributed by atoms with Gasteiger partial charge in [-0.2, -0.15) is 0 Å². The van der Waals surface area contributed by atoms with E-state index in [0.29, 0.717) is 0 Å². The van der Waals surface area contributed by atoms with E-state index in [2.05, 4.69) is 11.4 Å². The summed E-state index contributed by atoms with van der Waals surface area (Å²) in [4.78, 5) is 0. The molecule has 3 heteroatoms. The first-order valence-corrected chi connectivity index (χ1v) is 5.65. The summed E-state index contributed by atoms with van der Waals surface area (Å²) in [6.45, 7) is 1.55. The van der Waals surface area contributed by atoms with Gasteiger partial charge in [-0.05, 0) is 29.8 Å². The lowest BCUT2D eigenvalue weighted by atomic mass is 10.0. The van der Waals surface area contributed by atoms with Crippen LogP contribution in [0, 0.1) is 0 Å². The lowest BCUT2D eigenvalue weighted by Crippen LogP contribution is -2.42. The van der Waals surface area contributed by atoms with Gasteiger partial charge in [-0.1, -0.05) is 30.3 Å². The van der Waals surface area contributed by atoms with E-state index in [1.807, 2.05) is 36.4 Å². The molecule has 2 aromatic rings. The smallest absolute Gasteiger partial charge is 0.0806 e. The predicted molar refractivity (Wildman–Crippen MR) is 70.1 cm³/mol. The highest BCUT2D eigenvalue weighted by Crippen LogP contribution is 2.21. The summed E-state index contributed by atoms with van der Waals surface area (Å²) in [5.74, 6) is 0. The van der Waals surface area contributed by atoms with E-state index in [1.54, 1.807) is 6.92 Å². The van der Waals surface area contributed by atoms with Crippen LogP contribution in [0.15, 0.2) is 42.5 Å². The Morgan fingerprint density at radius 2 is 1.65 bits per heavy atom. The van der Waals surface area contributed by atoms with Crippen LogP contribution in [0.5, 0.6) is 0 Å². The van der Waals surface area contributed by atoms with Crippen molar-refractivity contribution in [2.24, 2.45) is 0 Å². The van der Waals surface area contributed by atoms with Gasteiger partial charge in [0, 0.05) is 5.69 Å². The summed E-state index contributed by atoms with van der Waals surface area (Å²) in [6, 6.07) is 14.1. The molecular formula is C14H17NO2. The second kappa shape index (κ2) is 4.73. The lowest BCUT2D eigenvalue weighted by Gasteiger charge is -2.27. The largest absolute Gasteiger partial charge is 0.394 e.